The van der Waals surface area contributed by atoms with E-state index in [0.717, 1.165) is 42.3 Å². The lowest BCUT2D eigenvalue weighted by Gasteiger charge is -2.13. The first-order valence-corrected chi connectivity index (χ1v) is 11.7. The minimum Gasteiger partial charge on any atom is -0.463 e. The molecule has 5 rings (SSSR count). The third kappa shape index (κ3) is 3.62. The van der Waals surface area contributed by atoms with E-state index in [9.17, 15) is 9.59 Å². The summed E-state index contributed by atoms with van der Waals surface area (Å²) in [7, 11) is 1.63. The van der Waals surface area contributed by atoms with Gasteiger partial charge in [-0.3, -0.25) is 9.59 Å². The van der Waals surface area contributed by atoms with E-state index >= 15 is 0 Å². The van der Waals surface area contributed by atoms with Crippen molar-refractivity contribution in [3.63, 3.8) is 0 Å². The Hall–Kier alpha value is -3.32. The fourth-order valence-electron chi connectivity index (χ4n) is 4.40. The quantitative estimate of drug-likeness (QED) is 0.445. The van der Waals surface area contributed by atoms with Crippen molar-refractivity contribution in [2.75, 3.05) is 12.4 Å². The highest BCUT2D eigenvalue weighted by atomic mass is 32.1. The second kappa shape index (κ2) is 8.31. The Morgan fingerprint density at radius 2 is 1.88 bits per heavy atom. The molecule has 1 aromatic carbocycles. The molecular weight excluding hydrogens is 422 g/mol. The Labute approximate surface area is 190 Å². The van der Waals surface area contributed by atoms with Crippen LogP contribution in [0.15, 0.2) is 47.1 Å². The number of amides is 2. The number of rotatable bonds is 5. The fourth-order valence-corrected chi connectivity index (χ4v) is 5.68. The van der Waals surface area contributed by atoms with Gasteiger partial charge in [-0.2, -0.15) is 0 Å². The maximum atomic E-state index is 13.4. The zero-order chi connectivity index (χ0) is 22.2. The Morgan fingerprint density at radius 1 is 1.09 bits per heavy atom. The Morgan fingerprint density at radius 3 is 2.66 bits per heavy atom. The summed E-state index contributed by atoms with van der Waals surface area (Å²) in [6.07, 6.45) is 5.65. The summed E-state index contributed by atoms with van der Waals surface area (Å²) >= 11 is 1.52. The number of benzene rings is 1. The van der Waals surface area contributed by atoms with Crippen LogP contribution in [0.1, 0.15) is 55.3 Å². The molecule has 4 aromatic rings. The number of hydrogen-bond donors (Lipinski definition) is 2. The summed E-state index contributed by atoms with van der Waals surface area (Å²) in [6.45, 7) is 2.60. The third-order valence-corrected chi connectivity index (χ3v) is 7.28. The molecule has 3 heterocycles. The molecular formula is C25H25N3O3S. The van der Waals surface area contributed by atoms with Crippen molar-refractivity contribution >= 4 is 39.3 Å². The van der Waals surface area contributed by atoms with Crippen LogP contribution in [0.25, 0.3) is 11.1 Å². The summed E-state index contributed by atoms with van der Waals surface area (Å²) in [5, 5.41) is 6.40. The zero-order valence-corrected chi connectivity index (χ0v) is 19.0. The van der Waals surface area contributed by atoms with Gasteiger partial charge in [0.05, 0.1) is 17.3 Å². The molecule has 2 N–H and O–H groups in total. The number of aryl methyl sites for hydroxylation is 2. The number of carbonyl (C=O) groups is 2. The number of anilines is 1. The number of nitrogens with zero attached hydrogens (tertiary/aromatic N) is 1. The molecule has 6 nitrogen and oxygen atoms in total. The van der Waals surface area contributed by atoms with E-state index in [1.54, 1.807) is 19.4 Å². The van der Waals surface area contributed by atoms with Gasteiger partial charge in [-0.15, -0.1) is 11.3 Å². The average Bonchev–Trinajstić information content (AvgIpc) is 3.48. The number of carbonyl (C=O) groups excluding carboxylic acids is 2. The van der Waals surface area contributed by atoms with Crippen molar-refractivity contribution in [1.29, 1.82) is 0 Å². The van der Waals surface area contributed by atoms with Crippen LogP contribution in [0.4, 0.5) is 5.00 Å². The average molecular weight is 448 g/mol. The molecule has 164 valence electrons. The van der Waals surface area contributed by atoms with E-state index < -0.39 is 0 Å². The van der Waals surface area contributed by atoms with E-state index in [-0.39, 0.29) is 11.8 Å². The molecule has 1 aliphatic carbocycles. The van der Waals surface area contributed by atoms with E-state index in [4.69, 9.17) is 4.42 Å². The Kier molecular flexibility index (Phi) is 5.35. The largest absolute Gasteiger partial charge is 0.463 e. The molecule has 0 unspecified atom stereocenters. The monoisotopic (exact) mass is 447 g/mol. The van der Waals surface area contributed by atoms with E-state index in [1.165, 1.54) is 21.8 Å². The smallest absolute Gasteiger partial charge is 0.273 e. The van der Waals surface area contributed by atoms with E-state index in [0.29, 0.717) is 28.4 Å². The molecule has 0 spiro atoms. The lowest BCUT2D eigenvalue weighted by molar-refractivity contribution is 0.0963. The summed E-state index contributed by atoms with van der Waals surface area (Å²) in [5.41, 5.74) is 6.03. The number of aromatic nitrogens is 1. The molecule has 7 heteroatoms. The van der Waals surface area contributed by atoms with Gasteiger partial charge in [-0.05, 0) is 43.7 Å². The van der Waals surface area contributed by atoms with Crippen molar-refractivity contribution in [1.82, 2.24) is 9.88 Å². The summed E-state index contributed by atoms with van der Waals surface area (Å²) in [5.74, 6) is -0.393. The standard InChI is InChI=1S/C25H25N3O3S/c1-15-7-9-16(10-8-15)14-28-18-11-12-31-20(18)13-19(28)23(29)27-25-22(24(30)26-2)17-5-3-4-6-21(17)32-25/h7-13H,3-6,14H2,1-2H3,(H,26,30)(H,27,29). The predicted octanol–water partition coefficient (Wildman–Crippen LogP) is 5.14. The summed E-state index contributed by atoms with van der Waals surface area (Å²) in [6, 6.07) is 11.9. The van der Waals surface area contributed by atoms with Crippen molar-refractivity contribution in [2.24, 2.45) is 0 Å². The number of nitrogens with one attached hydrogen (secondary N) is 2. The lowest BCUT2D eigenvalue weighted by Crippen LogP contribution is -2.23. The molecule has 0 bridgehead atoms. The van der Waals surface area contributed by atoms with Crippen molar-refractivity contribution in [2.45, 2.75) is 39.2 Å². The van der Waals surface area contributed by atoms with Gasteiger partial charge in [0, 0.05) is 30.6 Å². The molecule has 0 saturated heterocycles. The first-order valence-electron chi connectivity index (χ1n) is 10.9. The minimum atomic E-state index is -0.243. The van der Waals surface area contributed by atoms with Crippen LogP contribution >= 0.6 is 11.3 Å². The third-order valence-electron chi connectivity index (χ3n) is 6.07. The van der Waals surface area contributed by atoms with Crippen LogP contribution < -0.4 is 10.6 Å². The van der Waals surface area contributed by atoms with Crippen LogP contribution in [-0.2, 0) is 19.4 Å². The number of fused-ring (bicyclic) bond motifs is 2. The van der Waals surface area contributed by atoms with Gasteiger partial charge in [-0.25, -0.2) is 0 Å². The lowest BCUT2D eigenvalue weighted by atomic mass is 9.95. The van der Waals surface area contributed by atoms with Crippen LogP contribution in [-0.4, -0.2) is 23.4 Å². The minimum absolute atomic E-state index is 0.150. The highest BCUT2D eigenvalue weighted by Crippen LogP contribution is 2.38. The Bertz CT molecular complexity index is 1310. The molecule has 32 heavy (non-hydrogen) atoms. The number of furan rings is 1. The number of hydrogen-bond acceptors (Lipinski definition) is 4. The predicted molar refractivity (Wildman–Crippen MR) is 127 cm³/mol. The summed E-state index contributed by atoms with van der Waals surface area (Å²) < 4.78 is 7.54. The number of thiophene rings is 1. The van der Waals surface area contributed by atoms with Crippen LogP contribution in [0.2, 0.25) is 0 Å². The Balaban J connectivity index is 1.51. The van der Waals surface area contributed by atoms with Crippen molar-refractivity contribution in [3.8, 4) is 0 Å². The van der Waals surface area contributed by atoms with Gasteiger partial charge in [0.25, 0.3) is 11.8 Å². The summed E-state index contributed by atoms with van der Waals surface area (Å²) in [4.78, 5) is 27.3. The molecule has 0 saturated carbocycles. The zero-order valence-electron chi connectivity index (χ0n) is 18.2. The maximum Gasteiger partial charge on any atom is 0.273 e. The highest BCUT2D eigenvalue weighted by molar-refractivity contribution is 7.17. The van der Waals surface area contributed by atoms with Crippen molar-refractivity contribution in [3.05, 3.63) is 75.5 Å². The van der Waals surface area contributed by atoms with Gasteiger partial charge in [0.1, 0.15) is 10.7 Å². The second-order valence-electron chi connectivity index (χ2n) is 8.22. The molecule has 0 fully saturated rings. The molecule has 1 aliphatic rings. The first kappa shape index (κ1) is 20.6. The molecule has 0 aliphatic heterocycles. The topological polar surface area (TPSA) is 76.3 Å². The van der Waals surface area contributed by atoms with Gasteiger partial charge in [0.2, 0.25) is 0 Å². The van der Waals surface area contributed by atoms with Gasteiger partial charge >= 0.3 is 0 Å². The van der Waals surface area contributed by atoms with Gasteiger partial charge in [-0.1, -0.05) is 29.8 Å². The van der Waals surface area contributed by atoms with Crippen LogP contribution in [0.5, 0.6) is 0 Å². The van der Waals surface area contributed by atoms with Gasteiger partial charge < -0.3 is 19.6 Å². The molecule has 0 radical (unpaired) electrons. The highest BCUT2D eigenvalue weighted by Gasteiger charge is 2.27. The molecule has 3 aromatic heterocycles. The molecule has 0 atom stereocenters. The maximum absolute atomic E-state index is 13.4. The van der Waals surface area contributed by atoms with Crippen LogP contribution in [0.3, 0.4) is 0 Å². The normalized spacial score (nSPS) is 13.2. The molecule has 2 amide bonds. The van der Waals surface area contributed by atoms with Gasteiger partial charge in [0.15, 0.2) is 5.58 Å². The van der Waals surface area contributed by atoms with E-state index in [2.05, 4.69) is 41.8 Å². The van der Waals surface area contributed by atoms with Crippen molar-refractivity contribution < 1.29 is 14.0 Å². The van der Waals surface area contributed by atoms with E-state index in [1.807, 2.05) is 10.6 Å². The van der Waals surface area contributed by atoms with Crippen LogP contribution in [0, 0.1) is 6.92 Å². The SMILES string of the molecule is CNC(=O)c1c(NC(=O)c2cc3occc3n2Cc2ccc(C)cc2)sc2c1CCCC2. The first-order chi connectivity index (χ1) is 15.5. The fraction of sp³-hybridized carbons (Fsp3) is 0.280. The second-order valence-corrected chi connectivity index (χ2v) is 9.32.